The van der Waals surface area contributed by atoms with Crippen molar-refractivity contribution in [2.24, 2.45) is 16.5 Å². The molecule has 3 aromatic rings. The standard InChI is InChI=1S/C17H17N5/c1-9-7-13-15(21-17(19)22-16(13)18)8-12(9)10-3-2-4-14-11(10)5-6-20-14/h2-8,16,20H,18H2,1H3,(H3,19,21,22). The second kappa shape index (κ2) is 4.61. The van der Waals surface area contributed by atoms with Crippen molar-refractivity contribution in [3.63, 3.8) is 0 Å². The van der Waals surface area contributed by atoms with E-state index >= 15 is 0 Å². The van der Waals surface area contributed by atoms with Crippen molar-refractivity contribution in [1.29, 1.82) is 0 Å². The lowest BCUT2D eigenvalue weighted by atomic mass is 9.93. The largest absolute Gasteiger partial charge is 0.370 e. The van der Waals surface area contributed by atoms with E-state index in [4.69, 9.17) is 11.5 Å². The van der Waals surface area contributed by atoms with Gasteiger partial charge < -0.3 is 21.8 Å². The Morgan fingerprint density at radius 2 is 2.00 bits per heavy atom. The summed E-state index contributed by atoms with van der Waals surface area (Å²) in [4.78, 5) is 7.42. The summed E-state index contributed by atoms with van der Waals surface area (Å²) >= 11 is 0. The van der Waals surface area contributed by atoms with E-state index in [1.54, 1.807) is 0 Å². The maximum absolute atomic E-state index is 6.06. The SMILES string of the molecule is Cc1cc2c(cc1-c1cccc3[nH]ccc13)NC(N)=NC2N. The summed E-state index contributed by atoms with van der Waals surface area (Å²) in [6.45, 7) is 2.09. The Labute approximate surface area is 128 Å². The maximum atomic E-state index is 6.06. The lowest BCUT2D eigenvalue weighted by Gasteiger charge is -2.23. The molecule has 0 saturated heterocycles. The number of aryl methyl sites for hydroxylation is 1. The predicted molar refractivity (Wildman–Crippen MR) is 90.6 cm³/mol. The zero-order valence-electron chi connectivity index (χ0n) is 12.2. The minimum Gasteiger partial charge on any atom is -0.370 e. The quantitative estimate of drug-likeness (QED) is 0.555. The second-order valence-electron chi connectivity index (χ2n) is 5.58. The zero-order chi connectivity index (χ0) is 15.3. The molecule has 6 N–H and O–H groups in total. The minimum absolute atomic E-state index is 0.356. The summed E-state index contributed by atoms with van der Waals surface area (Å²) in [5, 5.41) is 4.31. The summed E-state index contributed by atoms with van der Waals surface area (Å²) in [6, 6.07) is 12.6. The fourth-order valence-corrected chi connectivity index (χ4v) is 3.08. The van der Waals surface area contributed by atoms with Gasteiger partial charge in [0.15, 0.2) is 5.96 Å². The van der Waals surface area contributed by atoms with Gasteiger partial charge >= 0.3 is 0 Å². The van der Waals surface area contributed by atoms with E-state index in [0.717, 1.165) is 16.8 Å². The number of benzene rings is 2. The van der Waals surface area contributed by atoms with Crippen molar-refractivity contribution in [2.45, 2.75) is 13.1 Å². The van der Waals surface area contributed by atoms with Crippen LogP contribution in [-0.2, 0) is 0 Å². The number of guanidine groups is 1. The van der Waals surface area contributed by atoms with Crippen LogP contribution in [0, 0.1) is 6.92 Å². The Balaban J connectivity index is 1.94. The van der Waals surface area contributed by atoms with Crippen LogP contribution in [0.2, 0.25) is 0 Å². The van der Waals surface area contributed by atoms with Gasteiger partial charge in [-0.1, -0.05) is 12.1 Å². The number of nitrogens with two attached hydrogens (primary N) is 2. The molecule has 0 amide bonds. The van der Waals surface area contributed by atoms with Crippen LogP contribution in [0.3, 0.4) is 0 Å². The molecule has 1 aliphatic rings. The number of H-pyrrole nitrogens is 1. The molecule has 2 aromatic carbocycles. The third-order valence-electron chi connectivity index (χ3n) is 4.14. The summed E-state index contributed by atoms with van der Waals surface area (Å²) in [7, 11) is 0. The summed E-state index contributed by atoms with van der Waals surface area (Å²) in [5.41, 5.74) is 18.4. The molecule has 1 atom stereocenters. The summed E-state index contributed by atoms with van der Waals surface area (Å²) < 4.78 is 0. The highest BCUT2D eigenvalue weighted by Crippen LogP contribution is 2.36. The van der Waals surface area contributed by atoms with Gasteiger partial charge in [-0.25, -0.2) is 4.99 Å². The molecular formula is C17H17N5. The van der Waals surface area contributed by atoms with E-state index in [1.165, 1.54) is 22.1 Å². The van der Waals surface area contributed by atoms with Crippen molar-refractivity contribution in [3.8, 4) is 11.1 Å². The minimum atomic E-state index is -0.410. The number of nitrogens with zero attached hydrogens (tertiary/aromatic N) is 1. The maximum Gasteiger partial charge on any atom is 0.195 e. The Hall–Kier alpha value is -2.79. The normalized spacial score (nSPS) is 17.0. The Morgan fingerprint density at radius 3 is 2.86 bits per heavy atom. The fraction of sp³-hybridized carbons (Fsp3) is 0.118. The van der Waals surface area contributed by atoms with Crippen molar-refractivity contribution >= 4 is 22.5 Å². The van der Waals surface area contributed by atoms with Gasteiger partial charge in [0.1, 0.15) is 6.17 Å². The number of aromatic amines is 1. The molecule has 0 saturated carbocycles. The highest BCUT2D eigenvalue weighted by molar-refractivity contribution is 5.99. The van der Waals surface area contributed by atoms with Gasteiger partial charge in [0.25, 0.3) is 0 Å². The predicted octanol–water partition coefficient (Wildman–Crippen LogP) is 2.84. The molecule has 1 aromatic heterocycles. The number of aliphatic imine (C=N–C) groups is 1. The molecule has 0 bridgehead atoms. The van der Waals surface area contributed by atoms with Gasteiger partial charge in [-0.3, -0.25) is 0 Å². The third-order valence-corrected chi connectivity index (χ3v) is 4.14. The van der Waals surface area contributed by atoms with Crippen LogP contribution < -0.4 is 16.8 Å². The lowest BCUT2D eigenvalue weighted by molar-refractivity contribution is 0.766. The molecule has 2 heterocycles. The fourth-order valence-electron chi connectivity index (χ4n) is 3.08. The molecule has 110 valence electrons. The van der Waals surface area contributed by atoms with Crippen molar-refractivity contribution in [1.82, 2.24) is 4.98 Å². The van der Waals surface area contributed by atoms with Gasteiger partial charge in [0, 0.05) is 28.4 Å². The number of aromatic nitrogens is 1. The molecule has 22 heavy (non-hydrogen) atoms. The Bertz CT molecular complexity index is 907. The average molecular weight is 291 g/mol. The molecular weight excluding hydrogens is 274 g/mol. The smallest absolute Gasteiger partial charge is 0.195 e. The van der Waals surface area contributed by atoms with Crippen LogP contribution in [0.15, 0.2) is 47.6 Å². The number of hydrogen-bond donors (Lipinski definition) is 4. The van der Waals surface area contributed by atoms with Crippen LogP contribution in [-0.4, -0.2) is 10.9 Å². The van der Waals surface area contributed by atoms with Gasteiger partial charge in [-0.05, 0) is 47.9 Å². The number of hydrogen-bond acceptors (Lipinski definition) is 4. The van der Waals surface area contributed by atoms with E-state index in [2.05, 4.69) is 58.6 Å². The van der Waals surface area contributed by atoms with Crippen molar-refractivity contribution in [2.75, 3.05) is 5.32 Å². The molecule has 0 aliphatic carbocycles. The van der Waals surface area contributed by atoms with Crippen LogP contribution in [0.1, 0.15) is 17.3 Å². The molecule has 0 fully saturated rings. The number of anilines is 1. The van der Waals surface area contributed by atoms with Gasteiger partial charge in [0.05, 0.1) is 0 Å². The molecule has 5 nitrogen and oxygen atoms in total. The second-order valence-corrected chi connectivity index (χ2v) is 5.58. The molecule has 1 aliphatic heterocycles. The van der Waals surface area contributed by atoms with E-state index in [1.807, 2.05) is 6.20 Å². The van der Waals surface area contributed by atoms with E-state index in [0.29, 0.717) is 5.96 Å². The highest BCUT2D eigenvalue weighted by atomic mass is 15.2. The Morgan fingerprint density at radius 1 is 1.14 bits per heavy atom. The third kappa shape index (κ3) is 1.87. The summed E-state index contributed by atoms with van der Waals surface area (Å²) in [5.74, 6) is 0.356. The molecule has 0 spiro atoms. The number of nitrogens with one attached hydrogen (secondary N) is 2. The first kappa shape index (κ1) is 12.9. The topological polar surface area (TPSA) is 92.2 Å². The van der Waals surface area contributed by atoms with Gasteiger partial charge in [0.2, 0.25) is 0 Å². The van der Waals surface area contributed by atoms with Crippen LogP contribution in [0.25, 0.3) is 22.0 Å². The Kier molecular flexibility index (Phi) is 2.71. The van der Waals surface area contributed by atoms with Gasteiger partial charge in [-0.15, -0.1) is 0 Å². The molecule has 1 unspecified atom stereocenters. The number of fused-ring (bicyclic) bond motifs is 2. The monoisotopic (exact) mass is 291 g/mol. The molecule has 5 heteroatoms. The number of rotatable bonds is 1. The van der Waals surface area contributed by atoms with Gasteiger partial charge in [-0.2, -0.15) is 0 Å². The highest BCUT2D eigenvalue weighted by Gasteiger charge is 2.19. The van der Waals surface area contributed by atoms with Crippen LogP contribution in [0.4, 0.5) is 5.69 Å². The summed E-state index contributed by atoms with van der Waals surface area (Å²) in [6.07, 6.45) is 1.55. The first-order valence-corrected chi connectivity index (χ1v) is 7.20. The zero-order valence-corrected chi connectivity index (χ0v) is 12.2. The van der Waals surface area contributed by atoms with Crippen LogP contribution in [0.5, 0.6) is 0 Å². The van der Waals surface area contributed by atoms with Crippen molar-refractivity contribution < 1.29 is 0 Å². The van der Waals surface area contributed by atoms with E-state index in [9.17, 15) is 0 Å². The first-order valence-electron chi connectivity index (χ1n) is 7.20. The molecule has 4 rings (SSSR count). The van der Waals surface area contributed by atoms with E-state index < -0.39 is 6.17 Å². The van der Waals surface area contributed by atoms with Crippen molar-refractivity contribution in [3.05, 3.63) is 53.7 Å². The van der Waals surface area contributed by atoms with Crippen LogP contribution >= 0.6 is 0 Å². The molecule has 0 radical (unpaired) electrons. The lowest BCUT2D eigenvalue weighted by Crippen LogP contribution is -2.30. The average Bonchev–Trinajstić information content (AvgIpc) is 2.96. The van der Waals surface area contributed by atoms with E-state index in [-0.39, 0.29) is 0 Å². The first-order chi connectivity index (χ1) is 10.6.